The predicted molar refractivity (Wildman–Crippen MR) is 146 cm³/mol. The molecule has 3 aromatic rings. The number of Topliss-reactive ketones (excluding diaryl/α,β-unsaturated/α-hetero) is 1. The standard InChI is InChI=1S/C28H30FN5O3S/c29-24-17-23(27(30)36)28(32-20-4-6-21(7-5-20)34-9-11-37-12-10-34)33-26(24)19-3-1-2-18(14-19)15-22(35)16-25-31-8-13-38-25/h4-8,13-14,17-18H,1-3,9-12,15-16H2,(H2,30,36)(H,32,33). The number of nitrogens with zero attached hydrogens (tertiary/aromatic N) is 3. The zero-order valence-corrected chi connectivity index (χ0v) is 21.8. The number of benzene rings is 1. The third-order valence-corrected chi connectivity index (χ3v) is 7.61. The van der Waals surface area contributed by atoms with Gasteiger partial charge in [-0.3, -0.25) is 9.59 Å². The lowest BCUT2D eigenvalue weighted by Crippen LogP contribution is -2.36. The fourth-order valence-corrected chi connectivity index (χ4v) is 5.59. The van der Waals surface area contributed by atoms with Crippen LogP contribution in [0.15, 0.2) is 48.0 Å². The molecule has 0 spiro atoms. The number of pyridine rings is 1. The fraction of sp³-hybridized carbons (Fsp3) is 0.357. The Balaban J connectivity index is 1.35. The van der Waals surface area contributed by atoms with Gasteiger partial charge < -0.3 is 20.7 Å². The van der Waals surface area contributed by atoms with Gasteiger partial charge in [0.05, 0.1) is 30.2 Å². The van der Waals surface area contributed by atoms with Gasteiger partial charge in [-0.15, -0.1) is 11.3 Å². The first kappa shape index (κ1) is 26.0. The molecule has 1 unspecified atom stereocenters. The Morgan fingerprint density at radius 2 is 2.00 bits per heavy atom. The van der Waals surface area contributed by atoms with E-state index in [2.05, 4.69) is 20.2 Å². The minimum absolute atomic E-state index is 0.00682. The van der Waals surface area contributed by atoms with Crippen molar-refractivity contribution in [3.63, 3.8) is 0 Å². The van der Waals surface area contributed by atoms with Gasteiger partial charge in [-0.05, 0) is 61.1 Å². The van der Waals surface area contributed by atoms with E-state index in [0.29, 0.717) is 38.2 Å². The number of hydrogen-bond acceptors (Lipinski definition) is 8. The zero-order chi connectivity index (χ0) is 26.5. The highest BCUT2D eigenvalue weighted by Gasteiger charge is 2.23. The van der Waals surface area contributed by atoms with Gasteiger partial charge in [-0.2, -0.15) is 0 Å². The number of anilines is 3. The van der Waals surface area contributed by atoms with Crippen LogP contribution in [0.4, 0.5) is 21.6 Å². The summed E-state index contributed by atoms with van der Waals surface area (Å²) in [7, 11) is 0. The average Bonchev–Trinajstić information content (AvgIpc) is 3.43. The molecule has 8 nitrogen and oxygen atoms in total. The summed E-state index contributed by atoms with van der Waals surface area (Å²) in [5, 5.41) is 5.81. The SMILES string of the molecule is NC(=O)c1cc(F)c(C2=CC(CC(=O)Cc3nccs3)CCC2)nc1Nc1ccc(N2CCOCC2)cc1. The fourth-order valence-electron chi connectivity index (χ4n) is 4.95. The molecule has 2 aromatic heterocycles. The Bertz CT molecular complexity index is 1320. The van der Waals surface area contributed by atoms with Gasteiger partial charge in [0.15, 0.2) is 0 Å². The van der Waals surface area contributed by atoms with Crippen LogP contribution in [-0.2, 0) is 16.0 Å². The van der Waals surface area contributed by atoms with E-state index in [9.17, 15) is 9.59 Å². The summed E-state index contributed by atoms with van der Waals surface area (Å²) in [6, 6.07) is 8.90. The van der Waals surface area contributed by atoms with Crippen LogP contribution in [-0.4, -0.2) is 48.0 Å². The molecule has 38 heavy (non-hydrogen) atoms. The van der Waals surface area contributed by atoms with Gasteiger partial charge >= 0.3 is 0 Å². The zero-order valence-electron chi connectivity index (χ0n) is 21.0. The minimum atomic E-state index is -0.765. The second-order valence-corrected chi connectivity index (χ2v) is 10.5. The normalized spacial score (nSPS) is 17.7. The number of carbonyl (C=O) groups excluding carboxylic acids is 2. The van der Waals surface area contributed by atoms with Crippen LogP contribution in [0.1, 0.15) is 46.7 Å². The first-order chi connectivity index (χ1) is 18.5. The summed E-state index contributed by atoms with van der Waals surface area (Å²) in [5.74, 6) is -1.04. The number of thiazole rings is 1. The molecule has 5 rings (SSSR count). The van der Waals surface area contributed by atoms with Gasteiger partial charge in [0.2, 0.25) is 0 Å². The Labute approximate surface area is 224 Å². The molecule has 0 saturated carbocycles. The summed E-state index contributed by atoms with van der Waals surface area (Å²) >= 11 is 1.47. The van der Waals surface area contributed by atoms with E-state index >= 15 is 4.39 Å². The first-order valence-corrected chi connectivity index (χ1v) is 13.7. The molecule has 1 aromatic carbocycles. The summed E-state index contributed by atoms with van der Waals surface area (Å²) in [6.07, 6.45) is 6.67. The molecule has 1 amide bonds. The van der Waals surface area contributed by atoms with Crippen LogP contribution in [0, 0.1) is 11.7 Å². The van der Waals surface area contributed by atoms with E-state index < -0.39 is 11.7 Å². The molecule has 0 bridgehead atoms. The average molecular weight is 536 g/mol. The van der Waals surface area contributed by atoms with Gasteiger partial charge in [0, 0.05) is 42.5 Å². The molecular formula is C28H30FN5O3S. The highest BCUT2D eigenvalue weighted by molar-refractivity contribution is 7.09. The van der Waals surface area contributed by atoms with Crippen molar-refractivity contribution in [2.24, 2.45) is 11.7 Å². The molecule has 198 valence electrons. The molecule has 3 heterocycles. The molecule has 3 N–H and O–H groups in total. The summed E-state index contributed by atoms with van der Waals surface area (Å²) < 4.78 is 20.6. The van der Waals surface area contributed by atoms with Crippen molar-refractivity contribution in [2.45, 2.75) is 32.1 Å². The lowest BCUT2D eigenvalue weighted by molar-refractivity contribution is -0.119. The van der Waals surface area contributed by atoms with Crippen molar-refractivity contribution in [2.75, 3.05) is 36.5 Å². The summed E-state index contributed by atoms with van der Waals surface area (Å²) in [5.41, 5.74) is 8.24. The summed E-state index contributed by atoms with van der Waals surface area (Å²) in [4.78, 5) is 35.6. The number of ketones is 1. The third-order valence-electron chi connectivity index (χ3n) is 6.83. The topological polar surface area (TPSA) is 110 Å². The second-order valence-electron chi connectivity index (χ2n) is 9.54. The molecule has 1 saturated heterocycles. The Hall–Kier alpha value is -3.63. The molecule has 1 fully saturated rings. The lowest BCUT2D eigenvalue weighted by atomic mass is 9.85. The Kier molecular flexibility index (Phi) is 8.09. The number of nitrogens with two attached hydrogens (primary N) is 1. The maximum absolute atomic E-state index is 15.2. The largest absolute Gasteiger partial charge is 0.378 e. The monoisotopic (exact) mass is 535 g/mol. The maximum Gasteiger partial charge on any atom is 0.252 e. The number of carbonyl (C=O) groups is 2. The number of amides is 1. The van der Waals surface area contributed by atoms with E-state index in [-0.39, 0.29) is 28.8 Å². The number of allylic oxidation sites excluding steroid dienone is 2. The van der Waals surface area contributed by atoms with Crippen LogP contribution >= 0.6 is 11.3 Å². The van der Waals surface area contributed by atoms with Crippen molar-refractivity contribution in [1.82, 2.24) is 9.97 Å². The molecule has 2 aliphatic rings. The van der Waals surface area contributed by atoms with Crippen molar-refractivity contribution in [3.05, 3.63) is 70.1 Å². The van der Waals surface area contributed by atoms with Crippen molar-refractivity contribution in [1.29, 1.82) is 0 Å². The molecular weight excluding hydrogens is 505 g/mol. The number of nitrogens with one attached hydrogen (secondary N) is 1. The number of ether oxygens (including phenoxy) is 1. The molecule has 0 radical (unpaired) electrons. The van der Waals surface area contributed by atoms with Crippen molar-refractivity contribution in [3.8, 4) is 0 Å². The van der Waals surface area contributed by atoms with E-state index in [1.54, 1.807) is 6.20 Å². The highest BCUT2D eigenvalue weighted by atomic mass is 32.1. The molecule has 1 aliphatic carbocycles. The first-order valence-electron chi connectivity index (χ1n) is 12.8. The molecule has 1 aliphatic heterocycles. The van der Waals surface area contributed by atoms with E-state index in [4.69, 9.17) is 10.5 Å². The van der Waals surface area contributed by atoms with Crippen molar-refractivity contribution >= 4 is 45.8 Å². The van der Waals surface area contributed by atoms with Crippen LogP contribution in [0.2, 0.25) is 0 Å². The minimum Gasteiger partial charge on any atom is -0.378 e. The van der Waals surface area contributed by atoms with Gasteiger partial charge in [-0.1, -0.05) is 6.08 Å². The van der Waals surface area contributed by atoms with Crippen LogP contribution in [0.5, 0.6) is 0 Å². The van der Waals surface area contributed by atoms with Crippen LogP contribution in [0.25, 0.3) is 5.57 Å². The number of morpholine rings is 1. The Morgan fingerprint density at radius 3 is 2.71 bits per heavy atom. The predicted octanol–water partition coefficient (Wildman–Crippen LogP) is 4.74. The van der Waals surface area contributed by atoms with E-state index in [1.165, 1.54) is 11.3 Å². The number of halogens is 1. The van der Waals surface area contributed by atoms with E-state index in [0.717, 1.165) is 48.3 Å². The number of primary amides is 1. The second kappa shape index (κ2) is 11.8. The lowest BCUT2D eigenvalue weighted by Gasteiger charge is -2.29. The molecule has 1 atom stereocenters. The highest BCUT2D eigenvalue weighted by Crippen LogP contribution is 2.34. The van der Waals surface area contributed by atoms with Gasteiger partial charge in [-0.25, -0.2) is 14.4 Å². The van der Waals surface area contributed by atoms with E-state index in [1.807, 2.05) is 35.7 Å². The van der Waals surface area contributed by atoms with Gasteiger partial charge in [0.1, 0.15) is 23.1 Å². The maximum atomic E-state index is 15.2. The molecule has 10 heteroatoms. The number of aromatic nitrogens is 2. The van der Waals surface area contributed by atoms with Crippen molar-refractivity contribution < 1.29 is 18.7 Å². The number of rotatable bonds is 9. The van der Waals surface area contributed by atoms with Gasteiger partial charge in [0.25, 0.3) is 5.91 Å². The van der Waals surface area contributed by atoms with Crippen LogP contribution in [0.3, 0.4) is 0 Å². The Morgan fingerprint density at radius 1 is 1.21 bits per heavy atom. The number of hydrogen-bond donors (Lipinski definition) is 2. The van der Waals surface area contributed by atoms with Crippen LogP contribution < -0.4 is 16.0 Å². The smallest absolute Gasteiger partial charge is 0.252 e. The quantitative estimate of drug-likeness (QED) is 0.407. The summed E-state index contributed by atoms with van der Waals surface area (Å²) in [6.45, 7) is 3.05. The third kappa shape index (κ3) is 6.25.